The first-order valence-corrected chi connectivity index (χ1v) is 6.26. The van der Waals surface area contributed by atoms with Crippen LogP contribution in [0.15, 0.2) is 30.3 Å². The number of esters is 2. The Morgan fingerprint density at radius 2 is 2.05 bits per heavy atom. The first-order valence-electron chi connectivity index (χ1n) is 6.26. The molecular formula is C14H15NO5. The first kappa shape index (κ1) is 14.0. The van der Waals surface area contributed by atoms with E-state index in [0.717, 1.165) is 10.5 Å². The van der Waals surface area contributed by atoms with Gasteiger partial charge < -0.3 is 9.47 Å². The van der Waals surface area contributed by atoms with E-state index >= 15 is 0 Å². The molecule has 20 heavy (non-hydrogen) atoms. The lowest BCUT2D eigenvalue weighted by atomic mass is 10.1. The molecule has 0 unspecified atom stereocenters. The number of likely N-dealkylation sites (N-methyl/N-ethyl adjacent to an activating group) is 1. The summed E-state index contributed by atoms with van der Waals surface area (Å²) in [7, 11) is 1.45. The minimum absolute atomic E-state index is 0.118. The number of hydrogen-bond acceptors (Lipinski definition) is 5. The van der Waals surface area contributed by atoms with Gasteiger partial charge in [0, 0.05) is 13.5 Å². The maximum atomic E-state index is 11.9. The van der Waals surface area contributed by atoms with E-state index < -0.39 is 24.1 Å². The molecule has 2 rings (SSSR count). The van der Waals surface area contributed by atoms with Gasteiger partial charge in [-0.3, -0.25) is 9.69 Å². The molecule has 6 nitrogen and oxygen atoms in total. The van der Waals surface area contributed by atoms with Crippen molar-refractivity contribution in [3.05, 3.63) is 35.9 Å². The van der Waals surface area contributed by atoms with Crippen LogP contribution in [-0.4, -0.2) is 36.0 Å². The van der Waals surface area contributed by atoms with Crippen molar-refractivity contribution >= 4 is 18.0 Å². The van der Waals surface area contributed by atoms with Gasteiger partial charge in [0.1, 0.15) is 12.6 Å². The second-order valence-electron chi connectivity index (χ2n) is 4.50. The molecule has 1 aromatic rings. The normalized spacial score (nSPS) is 18.4. The lowest BCUT2D eigenvalue weighted by Gasteiger charge is -2.27. The largest absolute Gasteiger partial charge is 0.445 e. The summed E-state index contributed by atoms with van der Waals surface area (Å²) in [5, 5.41) is 0. The third-order valence-corrected chi connectivity index (χ3v) is 3.07. The molecule has 1 aliphatic heterocycles. The topological polar surface area (TPSA) is 72.9 Å². The maximum absolute atomic E-state index is 11.9. The molecule has 1 amide bonds. The minimum atomic E-state index is -0.768. The number of hydrogen-bond donors (Lipinski definition) is 0. The monoisotopic (exact) mass is 277 g/mol. The highest BCUT2D eigenvalue weighted by Crippen LogP contribution is 2.15. The van der Waals surface area contributed by atoms with Gasteiger partial charge in [0.25, 0.3) is 0 Å². The molecule has 1 saturated heterocycles. The molecule has 1 aromatic carbocycles. The zero-order valence-electron chi connectivity index (χ0n) is 11.1. The molecule has 0 aliphatic carbocycles. The Morgan fingerprint density at radius 3 is 2.70 bits per heavy atom. The quantitative estimate of drug-likeness (QED) is 0.618. The highest BCUT2D eigenvalue weighted by Gasteiger charge is 2.35. The predicted molar refractivity (Wildman–Crippen MR) is 68.5 cm³/mol. The van der Waals surface area contributed by atoms with E-state index in [2.05, 4.69) is 4.74 Å². The van der Waals surface area contributed by atoms with Crippen molar-refractivity contribution < 1.29 is 23.9 Å². The molecule has 0 saturated carbocycles. The number of rotatable bonds is 3. The number of amides is 1. The summed E-state index contributed by atoms with van der Waals surface area (Å²) < 4.78 is 9.62. The van der Waals surface area contributed by atoms with Crippen LogP contribution in [0.25, 0.3) is 0 Å². The van der Waals surface area contributed by atoms with Gasteiger partial charge >= 0.3 is 18.0 Å². The van der Waals surface area contributed by atoms with Crippen LogP contribution in [0.5, 0.6) is 0 Å². The summed E-state index contributed by atoms with van der Waals surface area (Å²) in [5.74, 6) is -1.27. The highest BCUT2D eigenvalue weighted by atomic mass is 16.6. The number of ether oxygens (including phenoxy) is 2. The van der Waals surface area contributed by atoms with E-state index in [-0.39, 0.29) is 19.4 Å². The molecular weight excluding hydrogens is 262 g/mol. The summed E-state index contributed by atoms with van der Waals surface area (Å²) in [4.78, 5) is 35.5. The van der Waals surface area contributed by atoms with Gasteiger partial charge in [-0.05, 0) is 12.0 Å². The third-order valence-electron chi connectivity index (χ3n) is 3.07. The van der Waals surface area contributed by atoms with Crippen LogP contribution in [0, 0.1) is 0 Å². The van der Waals surface area contributed by atoms with E-state index in [1.54, 1.807) is 0 Å². The lowest BCUT2D eigenvalue weighted by molar-refractivity contribution is -0.167. The van der Waals surface area contributed by atoms with E-state index in [1.165, 1.54) is 7.05 Å². The fraction of sp³-hybridized carbons (Fsp3) is 0.357. The van der Waals surface area contributed by atoms with Gasteiger partial charge in [-0.25, -0.2) is 9.59 Å². The van der Waals surface area contributed by atoms with Gasteiger partial charge in [0.15, 0.2) is 0 Å². The summed E-state index contributed by atoms with van der Waals surface area (Å²) in [6.07, 6.45) is -0.244. The zero-order chi connectivity index (χ0) is 14.5. The maximum Gasteiger partial charge on any atom is 0.410 e. The summed E-state index contributed by atoms with van der Waals surface area (Å²) in [5.41, 5.74) is 0.857. The molecule has 6 heteroatoms. The van der Waals surface area contributed by atoms with Crippen molar-refractivity contribution in [1.29, 1.82) is 0 Å². The van der Waals surface area contributed by atoms with Crippen molar-refractivity contribution in [2.75, 3.05) is 7.05 Å². The van der Waals surface area contributed by atoms with Crippen molar-refractivity contribution in [1.82, 2.24) is 4.90 Å². The molecule has 0 N–H and O–H groups in total. The molecule has 1 atom stereocenters. The smallest absolute Gasteiger partial charge is 0.410 e. The minimum Gasteiger partial charge on any atom is -0.445 e. The predicted octanol–water partition coefficient (Wildman–Crippen LogP) is 1.49. The Morgan fingerprint density at radius 1 is 1.35 bits per heavy atom. The second-order valence-corrected chi connectivity index (χ2v) is 4.50. The Bertz CT molecular complexity index is 514. The van der Waals surface area contributed by atoms with Crippen LogP contribution >= 0.6 is 0 Å². The van der Waals surface area contributed by atoms with Crippen LogP contribution in [0.3, 0.4) is 0 Å². The zero-order valence-corrected chi connectivity index (χ0v) is 11.1. The van der Waals surface area contributed by atoms with E-state index in [9.17, 15) is 14.4 Å². The molecule has 1 fully saturated rings. The molecule has 0 spiro atoms. The molecule has 0 radical (unpaired) electrons. The first-order chi connectivity index (χ1) is 9.58. The number of carbonyl (C=O) groups excluding carboxylic acids is 3. The molecule has 1 heterocycles. The van der Waals surface area contributed by atoms with Gasteiger partial charge in [0.05, 0.1) is 0 Å². The summed E-state index contributed by atoms with van der Waals surface area (Å²) >= 11 is 0. The summed E-state index contributed by atoms with van der Waals surface area (Å²) in [6.45, 7) is 0.130. The molecule has 1 aliphatic rings. The second kappa shape index (κ2) is 6.18. The van der Waals surface area contributed by atoms with Crippen molar-refractivity contribution in [2.45, 2.75) is 25.5 Å². The molecule has 0 aromatic heterocycles. The fourth-order valence-corrected chi connectivity index (χ4v) is 1.90. The van der Waals surface area contributed by atoms with Crippen LogP contribution in [0.4, 0.5) is 4.79 Å². The third kappa shape index (κ3) is 3.34. The van der Waals surface area contributed by atoms with Crippen molar-refractivity contribution in [2.24, 2.45) is 0 Å². The van der Waals surface area contributed by atoms with Crippen molar-refractivity contribution in [3.63, 3.8) is 0 Å². The number of cyclic esters (lactones) is 2. The van der Waals surface area contributed by atoms with Crippen LogP contribution in [0.1, 0.15) is 18.4 Å². The van der Waals surface area contributed by atoms with E-state index in [0.29, 0.717) is 0 Å². The fourth-order valence-electron chi connectivity index (χ4n) is 1.90. The van der Waals surface area contributed by atoms with E-state index in [1.807, 2.05) is 30.3 Å². The van der Waals surface area contributed by atoms with Crippen molar-refractivity contribution in [3.8, 4) is 0 Å². The van der Waals surface area contributed by atoms with Gasteiger partial charge in [-0.15, -0.1) is 0 Å². The Hall–Kier alpha value is -2.37. The van der Waals surface area contributed by atoms with Crippen LogP contribution in [-0.2, 0) is 25.7 Å². The van der Waals surface area contributed by atoms with Gasteiger partial charge in [-0.2, -0.15) is 0 Å². The lowest BCUT2D eigenvalue weighted by Crippen LogP contribution is -2.46. The Labute approximate surface area is 116 Å². The van der Waals surface area contributed by atoms with Gasteiger partial charge in [0.2, 0.25) is 0 Å². The van der Waals surface area contributed by atoms with Crippen LogP contribution in [0.2, 0.25) is 0 Å². The molecule has 0 bridgehead atoms. The van der Waals surface area contributed by atoms with Gasteiger partial charge in [-0.1, -0.05) is 30.3 Å². The standard InChI is InChI=1S/C14H15NO5/c1-15(11-7-8-12(16)20-13(11)17)14(18)19-9-10-5-3-2-4-6-10/h2-6,11H,7-9H2,1H3/t11-/m0/s1. The SMILES string of the molecule is CN(C(=O)OCc1ccccc1)[C@H]1CCC(=O)OC1=O. The average molecular weight is 277 g/mol. The Balaban J connectivity index is 1.89. The van der Waals surface area contributed by atoms with E-state index in [4.69, 9.17) is 4.74 Å². The number of carbonyl (C=O) groups is 3. The molecule has 106 valence electrons. The number of nitrogens with zero attached hydrogens (tertiary/aromatic N) is 1. The van der Waals surface area contributed by atoms with Crippen LogP contribution < -0.4 is 0 Å². The summed E-state index contributed by atoms with van der Waals surface area (Å²) in [6, 6.07) is 8.46. The Kier molecular flexibility index (Phi) is 4.34. The average Bonchev–Trinajstić information content (AvgIpc) is 2.45. The highest BCUT2D eigenvalue weighted by molar-refractivity contribution is 5.92. The number of benzene rings is 1.